The van der Waals surface area contributed by atoms with E-state index in [1.165, 1.54) is 24.3 Å². The van der Waals surface area contributed by atoms with Crippen molar-refractivity contribution in [2.45, 2.75) is 12.3 Å². The van der Waals surface area contributed by atoms with Crippen LogP contribution in [0.3, 0.4) is 0 Å². The second-order valence-electron chi connectivity index (χ2n) is 5.99. The molecule has 3 rings (SSSR count). The van der Waals surface area contributed by atoms with Crippen molar-refractivity contribution in [3.63, 3.8) is 0 Å². The molecule has 0 fully saturated rings. The van der Waals surface area contributed by atoms with Gasteiger partial charge in [-0.25, -0.2) is 0 Å². The minimum atomic E-state index is -0.655. The molecular weight excluding hydrogens is 344 g/mol. The van der Waals surface area contributed by atoms with Crippen LogP contribution in [-0.4, -0.2) is 21.5 Å². The van der Waals surface area contributed by atoms with E-state index in [0.29, 0.717) is 16.7 Å². The van der Waals surface area contributed by atoms with Crippen LogP contribution in [-0.2, 0) is 0 Å². The summed E-state index contributed by atoms with van der Waals surface area (Å²) < 4.78 is 0. The lowest BCUT2D eigenvalue weighted by Crippen LogP contribution is -2.17. The standard InChI is InChI=1S/C21H16N2O4/c24-20(16-6-8-18(9-7-16)23(26)27)14-19(15-10-12-22-13-11-15)21(25)17-4-2-1-3-5-17/h1-13,19H,14H2. The molecule has 0 amide bonds. The molecule has 27 heavy (non-hydrogen) atoms. The number of carbonyl (C=O) groups is 2. The molecule has 0 aliphatic heterocycles. The quantitative estimate of drug-likeness (QED) is 0.357. The van der Waals surface area contributed by atoms with Crippen molar-refractivity contribution in [1.82, 2.24) is 4.98 Å². The van der Waals surface area contributed by atoms with Crippen LogP contribution >= 0.6 is 0 Å². The number of nitro groups is 1. The lowest BCUT2D eigenvalue weighted by molar-refractivity contribution is -0.384. The van der Waals surface area contributed by atoms with E-state index in [4.69, 9.17) is 0 Å². The fourth-order valence-electron chi connectivity index (χ4n) is 2.83. The number of nitrogens with zero attached hydrogens (tertiary/aromatic N) is 2. The van der Waals surface area contributed by atoms with Crippen molar-refractivity contribution in [3.05, 3.63) is 106 Å². The number of benzene rings is 2. The molecule has 3 aromatic rings. The van der Waals surface area contributed by atoms with Gasteiger partial charge in [-0.1, -0.05) is 30.3 Å². The maximum atomic E-state index is 13.0. The fraction of sp³-hybridized carbons (Fsp3) is 0.0952. The van der Waals surface area contributed by atoms with Gasteiger partial charge >= 0.3 is 0 Å². The summed E-state index contributed by atoms with van der Waals surface area (Å²) in [6.45, 7) is 0. The van der Waals surface area contributed by atoms with Crippen molar-refractivity contribution >= 4 is 17.3 Å². The number of carbonyl (C=O) groups excluding carboxylic acids is 2. The first-order valence-corrected chi connectivity index (χ1v) is 8.33. The molecule has 0 saturated heterocycles. The van der Waals surface area contributed by atoms with Crippen molar-refractivity contribution < 1.29 is 14.5 Å². The van der Waals surface area contributed by atoms with Gasteiger partial charge in [-0.15, -0.1) is 0 Å². The number of ketones is 2. The SMILES string of the molecule is O=C(CC(C(=O)c1ccccc1)c1ccncc1)c1ccc([N+](=O)[O-])cc1. The Hall–Kier alpha value is -3.67. The molecule has 6 nitrogen and oxygen atoms in total. The predicted molar refractivity (Wildman–Crippen MR) is 99.8 cm³/mol. The van der Waals surface area contributed by atoms with Gasteiger partial charge in [0.2, 0.25) is 0 Å². The third kappa shape index (κ3) is 4.30. The van der Waals surface area contributed by atoms with Crippen LogP contribution < -0.4 is 0 Å². The Morgan fingerprint density at radius 3 is 2.11 bits per heavy atom. The Balaban J connectivity index is 1.88. The zero-order valence-electron chi connectivity index (χ0n) is 14.3. The highest BCUT2D eigenvalue weighted by molar-refractivity contribution is 6.06. The number of aromatic nitrogens is 1. The van der Waals surface area contributed by atoms with E-state index in [-0.39, 0.29) is 23.7 Å². The third-order valence-corrected chi connectivity index (χ3v) is 4.27. The lowest BCUT2D eigenvalue weighted by Gasteiger charge is -2.16. The van der Waals surface area contributed by atoms with Crippen LogP contribution in [0.5, 0.6) is 0 Å². The summed E-state index contributed by atoms with van der Waals surface area (Å²) in [7, 11) is 0. The largest absolute Gasteiger partial charge is 0.294 e. The van der Waals surface area contributed by atoms with Gasteiger partial charge in [0.05, 0.1) is 10.8 Å². The number of non-ortho nitro benzene ring substituents is 1. The Morgan fingerprint density at radius 1 is 0.889 bits per heavy atom. The average Bonchev–Trinajstić information content (AvgIpc) is 2.72. The second kappa shape index (κ2) is 8.14. The molecule has 0 saturated carbocycles. The molecule has 0 aliphatic carbocycles. The number of rotatable bonds is 7. The number of pyridine rings is 1. The minimum Gasteiger partial charge on any atom is -0.294 e. The number of hydrogen-bond donors (Lipinski definition) is 0. The fourth-order valence-corrected chi connectivity index (χ4v) is 2.83. The molecule has 0 aliphatic rings. The summed E-state index contributed by atoms with van der Waals surface area (Å²) in [5.41, 5.74) is 1.48. The van der Waals surface area contributed by atoms with E-state index < -0.39 is 10.8 Å². The molecule has 1 unspecified atom stereocenters. The first-order chi connectivity index (χ1) is 13.1. The monoisotopic (exact) mass is 360 g/mol. The third-order valence-electron chi connectivity index (χ3n) is 4.27. The molecule has 0 N–H and O–H groups in total. The highest BCUT2D eigenvalue weighted by Gasteiger charge is 2.25. The van der Waals surface area contributed by atoms with Gasteiger partial charge in [0.25, 0.3) is 5.69 Å². The topological polar surface area (TPSA) is 90.2 Å². The summed E-state index contributed by atoms with van der Waals surface area (Å²) in [5.74, 6) is -1.06. The van der Waals surface area contributed by atoms with E-state index >= 15 is 0 Å². The zero-order valence-corrected chi connectivity index (χ0v) is 14.3. The summed E-state index contributed by atoms with van der Waals surface area (Å²) in [6, 6.07) is 17.6. The van der Waals surface area contributed by atoms with Crippen LogP contribution in [0.25, 0.3) is 0 Å². The molecule has 2 aromatic carbocycles. The van der Waals surface area contributed by atoms with Crippen molar-refractivity contribution in [3.8, 4) is 0 Å². The predicted octanol–water partition coefficient (Wildman–Crippen LogP) is 4.23. The van der Waals surface area contributed by atoms with Gasteiger partial charge in [-0.2, -0.15) is 0 Å². The zero-order chi connectivity index (χ0) is 19.2. The molecule has 1 aromatic heterocycles. The summed E-state index contributed by atoms with van der Waals surface area (Å²) >= 11 is 0. The molecule has 0 spiro atoms. The van der Waals surface area contributed by atoms with Crippen LogP contribution in [0, 0.1) is 10.1 Å². The highest BCUT2D eigenvalue weighted by Crippen LogP contribution is 2.26. The molecular formula is C21H16N2O4. The lowest BCUT2D eigenvalue weighted by atomic mass is 9.86. The Kier molecular flexibility index (Phi) is 5.47. The Bertz CT molecular complexity index is 954. The van der Waals surface area contributed by atoms with Gasteiger partial charge in [-0.05, 0) is 29.8 Å². The second-order valence-corrected chi connectivity index (χ2v) is 5.99. The first-order valence-electron chi connectivity index (χ1n) is 8.33. The van der Waals surface area contributed by atoms with Crippen LogP contribution in [0.2, 0.25) is 0 Å². The van der Waals surface area contributed by atoms with E-state index in [1.807, 2.05) is 6.07 Å². The molecule has 1 atom stereocenters. The number of nitro benzene ring substituents is 1. The van der Waals surface area contributed by atoms with Crippen LogP contribution in [0.1, 0.15) is 38.6 Å². The maximum Gasteiger partial charge on any atom is 0.269 e. The van der Waals surface area contributed by atoms with Gasteiger partial charge in [-0.3, -0.25) is 24.7 Å². The van der Waals surface area contributed by atoms with Gasteiger partial charge in [0.1, 0.15) is 0 Å². The van der Waals surface area contributed by atoms with E-state index in [1.54, 1.807) is 48.8 Å². The van der Waals surface area contributed by atoms with E-state index in [0.717, 1.165) is 0 Å². The Labute approximate surface area is 155 Å². The average molecular weight is 360 g/mol. The smallest absolute Gasteiger partial charge is 0.269 e. The summed E-state index contributed by atoms with van der Waals surface area (Å²) in [6.07, 6.45) is 3.13. The number of Topliss-reactive ketones (excluding diaryl/α,β-unsaturated/α-hetero) is 2. The molecule has 0 bridgehead atoms. The molecule has 6 heteroatoms. The summed E-state index contributed by atoms with van der Waals surface area (Å²) in [5, 5.41) is 10.8. The first kappa shape index (κ1) is 18.1. The van der Waals surface area contributed by atoms with Crippen LogP contribution in [0.15, 0.2) is 79.1 Å². The van der Waals surface area contributed by atoms with Crippen molar-refractivity contribution in [1.29, 1.82) is 0 Å². The maximum absolute atomic E-state index is 13.0. The van der Waals surface area contributed by atoms with Gasteiger partial charge in [0.15, 0.2) is 11.6 Å². The molecule has 1 heterocycles. The highest BCUT2D eigenvalue weighted by atomic mass is 16.6. The normalized spacial score (nSPS) is 11.6. The number of hydrogen-bond acceptors (Lipinski definition) is 5. The summed E-state index contributed by atoms with van der Waals surface area (Å²) in [4.78, 5) is 39.9. The van der Waals surface area contributed by atoms with Gasteiger partial charge in [0, 0.05) is 42.1 Å². The van der Waals surface area contributed by atoms with Crippen molar-refractivity contribution in [2.75, 3.05) is 0 Å². The minimum absolute atomic E-state index is 0.0322. The van der Waals surface area contributed by atoms with Crippen molar-refractivity contribution in [2.24, 2.45) is 0 Å². The van der Waals surface area contributed by atoms with E-state index in [9.17, 15) is 19.7 Å². The molecule has 0 radical (unpaired) electrons. The van der Waals surface area contributed by atoms with Gasteiger partial charge < -0.3 is 0 Å². The Morgan fingerprint density at radius 2 is 1.52 bits per heavy atom. The van der Waals surface area contributed by atoms with Crippen LogP contribution in [0.4, 0.5) is 5.69 Å². The van der Waals surface area contributed by atoms with E-state index in [2.05, 4.69) is 4.98 Å². The molecule has 134 valence electrons.